The number of hydrogen-bond acceptors (Lipinski definition) is 4. The van der Waals surface area contributed by atoms with Gasteiger partial charge in [0, 0.05) is 34.6 Å². The van der Waals surface area contributed by atoms with Gasteiger partial charge in [0.25, 0.3) is 0 Å². The predicted molar refractivity (Wildman–Crippen MR) is 137 cm³/mol. The van der Waals surface area contributed by atoms with Crippen molar-refractivity contribution >= 4 is 35.0 Å². The van der Waals surface area contributed by atoms with E-state index in [4.69, 9.17) is 32.7 Å². The summed E-state index contributed by atoms with van der Waals surface area (Å²) in [6.45, 7) is 10.5. The summed E-state index contributed by atoms with van der Waals surface area (Å²) in [6, 6.07) is 10.1. The molecule has 1 atom stereocenters. The summed E-state index contributed by atoms with van der Waals surface area (Å²) in [4.78, 5) is 27.6. The monoisotopic (exact) mass is 508 g/mol. The minimum Gasteiger partial charge on any atom is -0.490 e. The van der Waals surface area contributed by atoms with Gasteiger partial charge in [0.1, 0.15) is 6.04 Å². The van der Waals surface area contributed by atoms with Crippen LogP contribution in [0.3, 0.4) is 0 Å². The van der Waals surface area contributed by atoms with Crippen LogP contribution in [0.25, 0.3) is 0 Å². The number of aryl methyl sites for hydroxylation is 1. The van der Waals surface area contributed by atoms with Gasteiger partial charge in [-0.05, 0) is 70.9 Å². The van der Waals surface area contributed by atoms with Crippen LogP contribution < -0.4 is 14.8 Å². The van der Waals surface area contributed by atoms with Gasteiger partial charge in [0.15, 0.2) is 11.5 Å². The number of benzene rings is 2. The van der Waals surface area contributed by atoms with Gasteiger partial charge in [-0.2, -0.15) is 0 Å². The Balaban J connectivity index is 2.24. The van der Waals surface area contributed by atoms with Crippen molar-refractivity contribution in [1.29, 1.82) is 0 Å². The van der Waals surface area contributed by atoms with Gasteiger partial charge in [-0.3, -0.25) is 9.59 Å². The molecular formula is C26H34Cl2N2O4. The Bertz CT molecular complexity index is 961. The lowest BCUT2D eigenvalue weighted by molar-refractivity contribution is -0.140. The first-order valence-corrected chi connectivity index (χ1v) is 12.3. The van der Waals surface area contributed by atoms with Crippen molar-refractivity contribution in [3.63, 3.8) is 0 Å². The standard InChI is InChI=1S/C26H34Cl2N2O4/c1-6-33-23-13-11-19(15-24(23)34-7-2)12-14-25(31)30(18(5)26(32)29-17(3)4)16-20-21(27)9-8-10-22(20)28/h8-11,13,15,17-18H,6-7,12,14,16H2,1-5H3,(H,29,32). The minimum atomic E-state index is -0.693. The molecule has 0 fully saturated rings. The Kier molecular flexibility index (Phi) is 11.0. The summed E-state index contributed by atoms with van der Waals surface area (Å²) in [7, 11) is 0. The number of carbonyl (C=O) groups excluding carboxylic acids is 2. The molecule has 0 aliphatic heterocycles. The molecule has 0 aliphatic rings. The van der Waals surface area contributed by atoms with Crippen molar-refractivity contribution < 1.29 is 19.1 Å². The Hall–Kier alpha value is -2.44. The third-order valence-electron chi connectivity index (χ3n) is 5.22. The number of nitrogens with one attached hydrogen (secondary N) is 1. The van der Waals surface area contributed by atoms with Crippen LogP contribution in [0.1, 0.15) is 52.2 Å². The number of hydrogen-bond donors (Lipinski definition) is 1. The Morgan fingerprint density at radius 2 is 1.59 bits per heavy atom. The minimum absolute atomic E-state index is 0.0448. The number of carbonyl (C=O) groups is 2. The molecule has 1 unspecified atom stereocenters. The van der Waals surface area contributed by atoms with Crippen molar-refractivity contribution in [2.75, 3.05) is 13.2 Å². The fourth-order valence-electron chi connectivity index (χ4n) is 3.49. The van der Waals surface area contributed by atoms with E-state index < -0.39 is 6.04 Å². The Morgan fingerprint density at radius 1 is 0.971 bits per heavy atom. The van der Waals surface area contributed by atoms with E-state index in [0.29, 0.717) is 46.7 Å². The SMILES string of the molecule is CCOc1ccc(CCC(=O)N(Cc2c(Cl)cccc2Cl)C(C)C(=O)NC(C)C)cc1OCC. The fraction of sp³-hybridized carbons (Fsp3) is 0.462. The molecule has 0 aromatic heterocycles. The highest BCUT2D eigenvalue weighted by Gasteiger charge is 2.27. The summed E-state index contributed by atoms with van der Waals surface area (Å²) < 4.78 is 11.3. The topological polar surface area (TPSA) is 67.9 Å². The fourth-order valence-corrected chi connectivity index (χ4v) is 4.00. The summed E-state index contributed by atoms with van der Waals surface area (Å²) in [6.07, 6.45) is 0.692. The maximum atomic E-state index is 13.4. The van der Waals surface area contributed by atoms with Gasteiger partial charge < -0.3 is 19.7 Å². The molecule has 0 saturated heterocycles. The van der Waals surface area contributed by atoms with Gasteiger partial charge in [-0.15, -0.1) is 0 Å². The molecule has 8 heteroatoms. The van der Waals surface area contributed by atoms with Crippen LogP contribution in [0.5, 0.6) is 11.5 Å². The molecular weight excluding hydrogens is 475 g/mol. The van der Waals surface area contributed by atoms with E-state index in [-0.39, 0.29) is 30.8 Å². The first kappa shape index (κ1) is 27.8. The van der Waals surface area contributed by atoms with E-state index in [2.05, 4.69) is 5.32 Å². The smallest absolute Gasteiger partial charge is 0.242 e. The van der Waals surface area contributed by atoms with Gasteiger partial charge >= 0.3 is 0 Å². The molecule has 0 heterocycles. The van der Waals surface area contributed by atoms with Crippen molar-refractivity contribution in [2.24, 2.45) is 0 Å². The van der Waals surface area contributed by atoms with Gasteiger partial charge in [0.2, 0.25) is 11.8 Å². The van der Waals surface area contributed by atoms with Crippen molar-refractivity contribution in [3.05, 3.63) is 57.6 Å². The van der Waals surface area contributed by atoms with Gasteiger partial charge in [0.05, 0.1) is 13.2 Å². The highest BCUT2D eigenvalue weighted by molar-refractivity contribution is 6.36. The molecule has 0 radical (unpaired) electrons. The van der Waals surface area contributed by atoms with E-state index in [1.807, 2.05) is 45.9 Å². The Morgan fingerprint density at radius 3 is 2.18 bits per heavy atom. The van der Waals surface area contributed by atoms with Gasteiger partial charge in [-0.1, -0.05) is 35.3 Å². The first-order chi connectivity index (χ1) is 16.2. The van der Waals surface area contributed by atoms with Crippen molar-refractivity contribution in [1.82, 2.24) is 10.2 Å². The molecule has 1 N–H and O–H groups in total. The lowest BCUT2D eigenvalue weighted by Crippen LogP contribution is -2.49. The van der Waals surface area contributed by atoms with Crippen LogP contribution in [0.4, 0.5) is 0 Å². The molecule has 2 aromatic rings. The average Bonchev–Trinajstić information content (AvgIpc) is 2.78. The summed E-state index contributed by atoms with van der Waals surface area (Å²) in [5.74, 6) is 0.924. The van der Waals surface area contributed by atoms with E-state index >= 15 is 0 Å². The maximum absolute atomic E-state index is 13.4. The first-order valence-electron chi connectivity index (χ1n) is 11.6. The van der Waals surface area contributed by atoms with Crippen LogP contribution >= 0.6 is 23.2 Å². The normalized spacial score (nSPS) is 11.8. The van der Waals surface area contributed by atoms with Crippen LogP contribution in [-0.2, 0) is 22.6 Å². The lowest BCUT2D eigenvalue weighted by Gasteiger charge is -2.30. The van der Waals surface area contributed by atoms with Crippen LogP contribution in [0.15, 0.2) is 36.4 Å². The number of halogens is 2. The molecule has 34 heavy (non-hydrogen) atoms. The van der Waals surface area contributed by atoms with Crippen LogP contribution in [0.2, 0.25) is 10.0 Å². The number of nitrogens with zero attached hydrogens (tertiary/aromatic N) is 1. The maximum Gasteiger partial charge on any atom is 0.242 e. The number of amides is 2. The van der Waals surface area contributed by atoms with E-state index in [1.54, 1.807) is 25.1 Å². The molecule has 0 saturated carbocycles. The highest BCUT2D eigenvalue weighted by Crippen LogP contribution is 2.30. The third kappa shape index (κ3) is 7.81. The molecule has 2 amide bonds. The average molecular weight is 509 g/mol. The molecule has 6 nitrogen and oxygen atoms in total. The zero-order chi connectivity index (χ0) is 25.3. The zero-order valence-electron chi connectivity index (χ0n) is 20.5. The quantitative estimate of drug-likeness (QED) is 0.401. The van der Waals surface area contributed by atoms with Crippen LogP contribution in [0, 0.1) is 0 Å². The van der Waals surface area contributed by atoms with Crippen molar-refractivity contribution in [3.8, 4) is 11.5 Å². The molecule has 0 bridgehead atoms. The van der Waals surface area contributed by atoms with E-state index in [9.17, 15) is 9.59 Å². The van der Waals surface area contributed by atoms with E-state index in [0.717, 1.165) is 5.56 Å². The summed E-state index contributed by atoms with van der Waals surface area (Å²) in [5.41, 5.74) is 1.55. The third-order valence-corrected chi connectivity index (χ3v) is 5.93. The highest BCUT2D eigenvalue weighted by atomic mass is 35.5. The van der Waals surface area contributed by atoms with Crippen LogP contribution in [-0.4, -0.2) is 42.0 Å². The number of ether oxygens (including phenoxy) is 2. The molecule has 2 aromatic carbocycles. The predicted octanol–water partition coefficient (Wildman–Crippen LogP) is 5.67. The van der Waals surface area contributed by atoms with E-state index in [1.165, 1.54) is 4.90 Å². The second-order valence-corrected chi connectivity index (χ2v) is 9.02. The second-order valence-electron chi connectivity index (χ2n) is 8.21. The van der Waals surface area contributed by atoms with Crippen molar-refractivity contribution in [2.45, 2.75) is 66.1 Å². The van der Waals surface area contributed by atoms with Gasteiger partial charge in [-0.25, -0.2) is 0 Å². The second kappa shape index (κ2) is 13.4. The molecule has 0 aliphatic carbocycles. The summed E-state index contributed by atoms with van der Waals surface area (Å²) in [5, 5.41) is 3.78. The Labute approximate surface area is 212 Å². The summed E-state index contributed by atoms with van der Waals surface area (Å²) >= 11 is 12.7. The molecule has 0 spiro atoms. The number of rotatable bonds is 12. The zero-order valence-corrected chi connectivity index (χ0v) is 22.0. The lowest BCUT2D eigenvalue weighted by atomic mass is 10.1. The molecule has 2 rings (SSSR count). The molecule has 186 valence electrons. The largest absolute Gasteiger partial charge is 0.490 e.